The van der Waals surface area contributed by atoms with Crippen molar-refractivity contribution in [2.45, 2.75) is 12.8 Å². The molecule has 0 atom stereocenters. The largest absolute Gasteiger partial charge is 0.478 e. The molecule has 3 nitrogen and oxygen atoms in total. The van der Waals surface area contributed by atoms with E-state index in [9.17, 15) is 0 Å². The molecule has 1 saturated carbocycles. The van der Waals surface area contributed by atoms with Crippen LogP contribution in [0.1, 0.15) is 12.8 Å². The first-order valence-corrected chi connectivity index (χ1v) is 4.22. The zero-order chi connectivity index (χ0) is 7.31. The predicted octanol–water partition coefficient (Wildman–Crippen LogP) is 0.458. The SMILES string of the molecule is C1=C2OCC3(CC3)CN2NC1. The average Bonchev–Trinajstić information content (AvgIpc) is 2.63. The van der Waals surface area contributed by atoms with Gasteiger partial charge in [-0.1, -0.05) is 0 Å². The van der Waals surface area contributed by atoms with E-state index in [-0.39, 0.29) is 0 Å². The van der Waals surface area contributed by atoms with Gasteiger partial charge in [-0.3, -0.25) is 5.01 Å². The van der Waals surface area contributed by atoms with Crippen LogP contribution in [0.4, 0.5) is 0 Å². The lowest BCUT2D eigenvalue weighted by Gasteiger charge is -2.32. The van der Waals surface area contributed by atoms with Crippen LogP contribution in [0.3, 0.4) is 0 Å². The summed E-state index contributed by atoms with van der Waals surface area (Å²) in [5, 5.41) is 2.15. The standard InChI is InChI=1S/C8H12N2O/c1-4-9-10-5-8(2-3-8)6-11-7(1)10/h1,9H,2-6H2. The average molecular weight is 152 g/mol. The Morgan fingerprint density at radius 3 is 3.27 bits per heavy atom. The van der Waals surface area contributed by atoms with Gasteiger partial charge in [0.25, 0.3) is 0 Å². The lowest BCUT2D eigenvalue weighted by Crippen LogP contribution is -2.43. The third kappa shape index (κ3) is 0.774. The van der Waals surface area contributed by atoms with Crippen molar-refractivity contribution in [1.82, 2.24) is 10.4 Å². The van der Waals surface area contributed by atoms with Crippen molar-refractivity contribution < 1.29 is 4.74 Å². The molecule has 1 saturated heterocycles. The van der Waals surface area contributed by atoms with E-state index in [0.717, 1.165) is 25.6 Å². The third-order valence-electron chi connectivity index (χ3n) is 2.80. The molecule has 0 bridgehead atoms. The molecule has 2 aliphatic heterocycles. The highest BCUT2D eigenvalue weighted by Crippen LogP contribution is 2.49. The summed E-state index contributed by atoms with van der Waals surface area (Å²) >= 11 is 0. The molecule has 2 heterocycles. The molecule has 3 aliphatic rings. The van der Waals surface area contributed by atoms with Crippen LogP contribution >= 0.6 is 0 Å². The summed E-state index contributed by atoms with van der Waals surface area (Å²) in [6.07, 6.45) is 4.80. The summed E-state index contributed by atoms with van der Waals surface area (Å²) in [6.45, 7) is 3.03. The fourth-order valence-corrected chi connectivity index (χ4v) is 1.79. The van der Waals surface area contributed by atoms with Crippen LogP contribution in [-0.2, 0) is 4.74 Å². The zero-order valence-corrected chi connectivity index (χ0v) is 6.47. The summed E-state index contributed by atoms with van der Waals surface area (Å²) in [6, 6.07) is 0. The molecule has 1 aliphatic carbocycles. The van der Waals surface area contributed by atoms with Crippen LogP contribution in [0.25, 0.3) is 0 Å². The molecular formula is C8H12N2O. The number of rotatable bonds is 0. The highest BCUT2D eigenvalue weighted by Gasteiger charge is 2.48. The highest BCUT2D eigenvalue weighted by atomic mass is 16.5. The smallest absolute Gasteiger partial charge is 0.201 e. The molecule has 60 valence electrons. The second kappa shape index (κ2) is 1.72. The lowest BCUT2D eigenvalue weighted by molar-refractivity contribution is 0.000844. The minimum atomic E-state index is 0.522. The van der Waals surface area contributed by atoms with Gasteiger partial charge in [-0.2, -0.15) is 0 Å². The van der Waals surface area contributed by atoms with Crippen molar-refractivity contribution in [3.05, 3.63) is 12.0 Å². The number of hydrazine groups is 1. The summed E-state index contributed by atoms with van der Waals surface area (Å²) in [7, 11) is 0. The van der Waals surface area contributed by atoms with Crippen molar-refractivity contribution in [2.24, 2.45) is 5.41 Å². The topological polar surface area (TPSA) is 24.5 Å². The van der Waals surface area contributed by atoms with Gasteiger partial charge in [-0.05, 0) is 18.9 Å². The first kappa shape index (κ1) is 5.89. The van der Waals surface area contributed by atoms with E-state index in [4.69, 9.17) is 4.74 Å². The van der Waals surface area contributed by atoms with E-state index in [2.05, 4.69) is 16.5 Å². The van der Waals surface area contributed by atoms with Gasteiger partial charge >= 0.3 is 0 Å². The van der Waals surface area contributed by atoms with Gasteiger partial charge in [0.15, 0.2) is 0 Å². The minimum absolute atomic E-state index is 0.522. The Balaban J connectivity index is 1.82. The van der Waals surface area contributed by atoms with Crippen LogP contribution in [0.15, 0.2) is 12.0 Å². The highest BCUT2D eigenvalue weighted by molar-refractivity contribution is 5.08. The van der Waals surface area contributed by atoms with E-state index < -0.39 is 0 Å². The van der Waals surface area contributed by atoms with Crippen LogP contribution < -0.4 is 5.43 Å². The second-order valence-corrected chi connectivity index (χ2v) is 3.78. The summed E-state index contributed by atoms with van der Waals surface area (Å²) < 4.78 is 5.60. The van der Waals surface area contributed by atoms with E-state index in [0.29, 0.717) is 5.41 Å². The Bertz CT molecular complexity index is 220. The van der Waals surface area contributed by atoms with E-state index >= 15 is 0 Å². The molecule has 3 heteroatoms. The van der Waals surface area contributed by atoms with Gasteiger partial charge in [-0.25, -0.2) is 5.43 Å². The molecular weight excluding hydrogens is 140 g/mol. The molecule has 0 unspecified atom stereocenters. The molecule has 11 heavy (non-hydrogen) atoms. The first-order valence-electron chi connectivity index (χ1n) is 4.22. The molecule has 0 aromatic rings. The normalized spacial score (nSPS) is 31.3. The molecule has 0 aromatic heterocycles. The summed E-state index contributed by atoms with van der Waals surface area (Å²) in [5.74, 6) is 1.04. The van der Waals surface area contributed by atoms with E-state index in [1.165, 1.54) is 12.8 Å². The monoisotopic (exact) mass is 152 g/mol. The molecule has 1 N–H and O–H groups in total. The molecule has 0 amide bonds. The van der Waals surface area contributed by atoms with Gasteiger partial charge in [0.2, 0.25) is 5.88 Å². The van der Waals surface area contributed by atoms with Gasteiger partial charge in [-0.15, -0.1) is 0 Å². The number of nitrogens with zero attached hydrogens (tertiary/aromatic N) is 1. The quantitative estimate of drug-likeness (QED) is 0.545. The number of hydrogen-bond acceptors (Lipinski definition) is 3. The maximum Gasteiger partial charge on any atom is 0.201 e. The second-order valence-electron chi connectivity index (χ2n) is 3.78. The van der Waals surface area contributed by atoms with Crippen LogP contribution in [-0.4, -0.2) is 24.7 Å². The molecule has 1 spiro atoms. The van der Waals surface area contributed by atoms with Gasteiger partial charge in [0.1, 0.15) is 0 Å². The van der Waals surface area contributed by atoms with Gasteiger partial charge in [0, 0.05) is 18.5 Å². The fourth-order valence-electron chi connectivity index (χ4n) is 1.79. The zero-order valence-electron chi connectivity index (χ0n) is 6.47. The van der Waals surface area contributed by atoms with Crippen molar-refractivity contribution in [3.63, 3.8) is 0 Å². The van der Waals surface area contributed by atoms with Crippen molar-refractivity contribution >= 4 is 0 Å². The molecule has 3 rings (SSSR count). The van der Waals surface area contributed by atoms with Crippen LogP contribution in [0.5, 0.6) is 0 Å². The summed E-state index contributed by atoms with van der Waals surface area (Å²) in [5.41, 5.74) is 3.79. The minimum Gasteiger partial charge on any atom is -0.478 e. The third-order valence-corrected chi connectivity index (χ3v) is 2.80. The van der Waals surface area contributed by atoms with Crippen molar-refractivity contribution in [2.75, 3.05) is 19.7 Å². The number of ether oxygens (including phenoxy) is 1. The van der Waals surface area contributed by atoms with Crippen LogP contribution in [0, 0.1) is 5.41 Å². The Kier molecular flexibility index (Phi) is 0.921. The van der Waals surface area contributed by atoms with Crippen molar-refractivity contribution in [1.29, 1.82) is 0 Å². The number of hydrogen-bond donors (Lipinski definition) is 1. The maximum absolute atomic E-state index is 5.60. The molecule has 0 aromatic carbocycles. The Morgan fingerprint density at radius 1 is 1.55 bits per heavy atom. The maximum atomic E-state index is 5.60. The van der Waals surface area contributed by atoms with Gasteiger partial charge in [0.05, 0.1) is 6.61 Å². The Hall–Kier alpha value is -0.700. The molecule has 2 fully saturated rings. The van der Waals surface area contributed by atoms with Gasteiger partial charge < -0.3 is 4.74 Å². The van der Waals surface area contributed by atoms with Crippen LogP contribution in [0.2, 0.25) is 0 Å². The van der Waals surface area contributed by atoms with Crippen molar-refractivity contribution in [3.8, 4) is 0 Å². The Morgan fingerprint density at radius 2 is 2.45 bits per heavy atom. The number of fused-ring (bicyclic) bond motifs is 1. The number of nitrogens with one attached hydrogen (secondary N) is 1. The van der Waals surface area contributed by atoms with E-state index in [1.807, 2.05) is 0 Å². The predicted molar refractivity (Wildman–Crippen MR) is 40.4 cm³/mol. The van der Waals surface area contributed by atoms with E-state index in [1.54, 1.807) is 0 Å². The fraction of sp³-hybridized carbons (Fsp3) is 0.750. The Labute approximate surface area is 66.0 Å². The lowest BCUT2D eigenvalue weighted by atomic mass is 10.1. The molecule has 0 radical (unpaired) electrons. The first-order chi connectivity index (χ1) is 5.38. The summed E-state index contributed by atoms with van der Waals surface area (Å²) in [4.78, 5) is 0.